The van der Waals surface area contributed by atoms with Crippen LogP contribution in [0.2, 0.25) is 5.02 Å². The number of methoxy groups -OCH3 is 1. The number of rotatable bonds is 5. The molecule has 2 aromatic carbocycles. The minimum atomic E-state index is -0.870. The summed E-state index contributed by atoms with van der Waals surface area (Å²) < 4.78 is 21.7. The van der Waals surface area contributed by atoms with Crippen LogP contribution < -0.4 is 16.2 Å². The van der Waals surface area contributed by atoms with E-state index in [2.05, 4.69) is 10.6 Å². The lowest BCUT2D eigenvalue weighted by Crippen LogP contribution is -2.45. The Morgan fingerprint density at radius 1 is 1.09 bits per heavy atom. The normalized spacial score (nSPS) is 17.3. The average molecular weight is 499 g/mol. The molecule has 0 bridgehead atoms. The third-order valence-corrected chi connectivity index (χ3v) is 6.13. The highest BCUT2D eigenvalue weighted by molar-refractivity contribution is 6.30. The maximum Gasteiger partial charge on any atom is 0.322 e. The predicted molar refractivity (Wildman–Crippen MR) is 132 cm³/mol. The second kappa shape index (κ2) is 10.3. The fourth-order valence-electron chi connectivity index (χ4n) is 4.05. The number of nitrogens with zero attached hydrogens (tertiary/aromatic N) is 2. The van der Waals surface area contributed by atoms with Gasteiger partial charge in [0.25, 0.3) is 5.56 Å². The molecule has 0 unspecified atom stereocenters. The van der Waals surface area contributed by atoms with Gasteiger partial charge in [-0.05, 0) is 49.4 Å². The Morgan fingerprint density at radius 2 is 1.83 bits per heavy atom. The van der Waals surface area contributed by atoms with Crippen LogP contribution in [0, 0.1) is 12.7 Å². The topological polar surface area (TPSA) is 92.7 Å². The molecule has 1 aromatic heterocycles. The van der Waals surface area contributed by atoms with Crippen LogP contribution in [0.4, 0.5) is 20.6 Å². The molecule has 1 fully saturated rings. The highest BCUT2D eigenvalue weighted by atomic mass is 35.5. The third kappa shape index (κ3) is 5.36. The number of carbonyl (C=O) groups excluding carboxylic acids is 2. The molecule has 0 spiro atoms. The van der Waals surface area contributed by atoms with Gasteiger partial charge in [0.05, 0.1) is 17.5 Å². The number of pyridine rings is 1. The number of aryl methyl sites for hydroxylation is 1. The summed E-state index contributed by atoms with van der Waals surface area (Å²) in [5.74, 6) is -1.25. The van der Waals surface area contributed by atoms with Crippen LogP contribution in [0.3, 0.4) is 0 Å². The van der Waals surface area contributed by atoms with E-state index in [0.717, 1.165) is 0 Å². The molecule has 0 radical (unpaired) electrons. The van der Waals surface area contributed by atoms with Gasteiger partial charge in [0.2, 0.25) is 5.91 Å². The van der Waals surface area contributed by atoms with Gasteiger partial charge in [-0.25, -0.2) is 9.18 Å². The summed E-state index contributed by atoms with van der Waals surface area (Å²) in [7, 11) is 1.51. The zero-order chi connectivity index (χ0) is 25.1. The van der Waals surface area contributed by atoms with Crippen molar-refractivity contribution >= 4 is 34.9 Å². The van der Waals surface area contributed by atoms with Crippen molar-refractivity contribution in [1.82, 2.24) is 9.47 Å². The Bertz CT molecular complexity index is 1310. The summed E-state index contributed by atoms with van der Waals surface area (Å²) >= 11 is 5.89. The number of ether oxygens (including phenoxy) is 1. The molecule has 4 rings (SSSR count). The summed E-state index contributed by atoms with van der Waals surface area (Å²) in [6.45, 7) is 1.94. The molecule has 1 aliphatic rings. The standard InChI is InChI=1S/C25H24ClFN4O4/c1-15-4-3-5-23(32)31(15)18-10-11-21(20(27)12-18)29-24(33)22-13-19(35-2)14-30(22)25(34)28-17-8-6-16(26)7-9-17/h3-12,19,22H,13-14H2,1-2H3,(H,28,34)(H,29,33)/t19-,22-/m1/s1. The van der Waals surface area contributed by atoms with Crippen LogP contribution in [-0.4, -0.2) is 47.2 Å². The fourth-order valence-corrected chi connectivity index (χ4v) is 4.18. The van der Waals surface area contributed by atoms with E-state index in [4.69, 9.17) is 16.3 Å². The summed E-state index contributed by atoms with van der Waals surface area (Å²) in [6, 6.07) is 14.1. The number of hydrogen-bond donors (Lipinski definition) is 2. The van der Waals surface area contributed by atoms with E-state index >= 15 is 0 Å². The first-order chi connectivity index (χ1) is 16.8. The highest BCUT2D eigenvalue weighted by Crippen LogP contribution is 2.25. The van der Waals surface area contributed by atoms with Crippen molar-refractivity contribution in [3.05, 3.63) is 87.6 Å². The largest absolute Gasteiger partial charge is 0.380 e. The molecule has 2 heterocycles. The molecular formula is C25H24ClFN4O4. The van der Waals surface area contributed by atoms with E-state index in [1.54, 1.807) is 49.4 Å². The van der Waals surface area contributed by atoms with Gasteiger partial charge in [-0.2, -0.15) is 0 Å². The van der Waals surface area contributed by atoms with Crippen LogP contribution in [0.25, 0.3) is 5.69 Å². The molecule has 35 heavy (non-hydrogen) atoms. The van der Waals surface area contributed by atoms with E-state index in [1.165, 1.54) is 34.8 Å². The van der Waals surface area contributed by atoms with Crippen LogP contribution in [0.5, 0.6) is 0 Å². The lowest BCUT2D eigenvalue weighted by atomic mass is 10.1. The second-order valence-electron chi connectivity index (χ2n) is 8.19. The molecule has 1 saturated heterocycles. The van der Waals surface area contributed by atoms with Crippen molar-refractivity contribution < 1.29 is 18.7 Å². The van der Waals surface area contributed by atoms with Crippen molar-refractivity contribution in [1.29, 1.82) is 0 Å². The number of likely N-dealkylation sites (tertiary alicyclic amines) is 1. The molecule has 1 aliphatic heterocycles. The van der Waals surface area contributed by atoms with Crippen molar-refractivity contribution in [3.63, 3.8) is 0 Å². The summed E-state index contributed by atoms with van der Waals surface area (Å²) in [5, 5.41) is 5.83. The van der Waals surface area contributed by atoms with Crippen LogP contribution in [-0.2, 0) is 9.53 Å². The Kier molecular flexibility index (Phi) is 7.18. The first kappa shape index (κ1) is 24.4. The van der Waals surface area contributed by atoms with Gasteiger partial charge in [-0.3, -0.25) is 14.2 Å². The number of urea groups is 1. The minimum Gasteiger partial charge on any atom is -0.380 e. The van der Waals surface area contributed by atoms with E-state index in [-0.39, 0.29) is 30.3 Å². The van der Waals surface area contributed by atoms with Crippen molar-refractivity contribution in [2.24, 2.45) is 0 Å². The average Bonchev–Trinajstić information content (AvgIpc) is 3.27. The highest BCUT2D eigenvalue weighted by Gasteiger charge is 2.40. The Hall–Kier alpha value is -3.69. The molecule has 2 atom stereocenters. The van der Waals surface area contributed by atoms with Gasteiger partial charge in [-0.15, -0.1) is 0 Å². The van der Waals surface area contributed by atoms with E-state index < -0.39 is 23.8 Å². The second-order valence-corrected chi connectivity index (χ2v) is 8.63. The van der Waals surface area contributed by atoms with Gasteiger partial charge in [-0.1, -0.05) is 17.7 Å². The van der Waals surface area contributed by atoms with E-state index in [9.17, 15) is 18.8 Å². The number of nitrogens with one attached hydrogen (secondary N) is 2. The smallest absolute Gasteiger partial charge is 0.322 e. The maximum absolute atomic E-state index is 14.9. The maximum atomic E-state index is 14.9. The van der Waals surface area contributed by atoms with Crippen LogP contribution in [0.15, 0.2) is 65.5 Å². The molecule has 0 aliphatic carbocycles. The fraction of sp³-hybridized carbons (Fsp3) is 0.240. The van der Waals surface area contributed by atoms with E-state index in [1.807, 2.05) is 0 Å². The van der Waals surface area contributed by atoms with Gasteiger partial charge in [0.15, 0.2) is 0 Å². The number of halogens is 2. The first-order valence-electron chi connectivity index (χ1n) is 10.9. The molecule has 0 saturated carbocycles. The molecule has 10 heteroatoms. The zero-order valence-corrected chi connectivity index (χ0v) is 19.9. The summed E-state index contributed by atoms with van der Waals surface area (Å²) in [5.41, 5.74) is 1.16. The van der Waals surface area contributed by atoms with Crippen LogP contribution in [0.1, 0.15) is 12.1 Å². The lowest BCUT2D eigenvalue weighted by Gasteiger charge is -2.24. The van der Waals surface area contributed by atoms with Crippen LogP contribution >= 0.6 is 11.6 Å². The minimum absolute atomic E-state index is 0.0562. The van der Waals surface area contributed by atoms with Gasteiger partial charge in [0.1, 0.15) is 11.9 Å². The van der Waals surface area contributed by atoms with Gasteiger partial charge >= 0.3 is 6.03 Å². The summed E-state index contributed by atoms with van der Waals surface area (Å²) in [6.07, 6.45) is -0.0869. The molecule has 8 nitrogen and oxygen atoms in total. The first-order valence-corrected chi connectivity index (χ1v) is 11.3. The number of anilines is 2. The SMILES string of the molecule is CO[C@@H]1C[C@H](C(=O)Nc2ccc(-n3c(C)cccc3=O)cc2F)N(C(=O)Nc2ccc(Cl)cc2)C1. The van der Waals surface area contributed by atoms with E-state index in [0.29, 0.717) is 22.1 Å². The zero-order valence-electron chi connectivity index (χ0n) is 19.1. The van der Waals surface area contributed by atoms with Crippen molar-refractivity contribution in [2.75, 3.05) is 24.3 Å². The molecule has 2 N–H and O–H groups in total. The molecule has 3 aromatic rings. The lowest BCUT2D eigenvalue weighted by molar-refractivity contribution is -0.119. The van der Waals surface area contributed by atoms with Gasteiger partial charge in [0, 0.05) is 48.6 Å². The number of amides is 3. The molecule has 3 amide bonds. The monoisotopic (exact) mass is 498 g/mol. The Morgan fingerprint density at radius 3 is 2.49 bits per heavy atom. The molecular weight excluding hydrogens is 475 g/mol. The number of benzene rings is 2. The number of hydrogen-bond acceptors (Lipinski definition) is 4. The Labute approximate surface area is 206 Å². The molecule has 182 valence electrons. The predicted octanol–water partition coefficient (Wildman–Crippen LogP) is 4.20. The van der Waals surface area contributed by atoms with Crippen molar-refractivity contribution in [3.8, 4) is 5.69 Å². The Balaban J connectivity index is 1.51. The number of aromatic nitrogens is 1. The number of carbonyl (C=O) groups is 2. The quantitative estimate of drug-likeness (QED) is 0.551. The summed E-state index contributed by atoms with van der Waals surface area (Å²) in [4.78, 5) is 39.5. The van der Waals surface area contributed by atoms with Crippen molar-refractivity contribution in [2.45, 2.75) is 25.5 Å². The third-order valence-electron chi connectivity index (χ3n) is 5.87. The van der Waals surface area contributed by atoms with Gasteiger partial charge < -0.3 is 20.3 Å².